The van der Waals surface area contributed by atoms with Gasteiger partial charge in [0.05, 0.1) is 4.92 Å². The zero-order valence-electron chi connectivity index (χ0n) is 10.1. The molecule has 7 heteroatoms. The molecule has 2 rings (SSSR count). The van der Waals surface area contributed by atoms with E-state index in [9.17, 15) is 10.1 Å². The SMILES string of the molecule is Cc1nn(C)c(NC2CCCNC2)c1[N+](=O)[O-]. The average molecular weight is 239 g/mol. The van der Waals surface area contributed by atoms with Gasteiger partial charge in [-0.3, -0.25) is 10.1 Å². The Labute approximate surface area is 99.3 Å². The van der Waals surface area contributed by atoms with Gasteiger partial charge in [0.25, 0.3) is 0 Å². The first-order chi connectivity index (χ1) is 8.09. The highest BCUT2D eigenvalue weighted by molar-refractivity contribution is 5.59. The Kier molecular flexibility index (Phi) is 3.28. The highest BCUT2D eigenvalue weighted by atomic mass is 16.6. The van der Waals surface area contributed by atoms with Gasteiger partial charge in [-0.15, -0.1) is 0 Å². The lowest BCUT2D eigenvalue weighted by Crippen LogP contribution is -2.38. The second-order valence-corrected chi connectivity index (χ2v) is 4.35. The van der Waals surface area contributed by atoms with Crippen LogP contribution in [-0.2, 0) is 7.05 Å². The summed E-state index contributed by atoms with van der Waals surface area (Å²) in [7, 11) is 1.72. The number of rotatable bonds is 3. The van der Waals surface area contributed by atoms with Crippen LogP contribution in [0.2, 0.25) is 0 Å². The number of hydrogen-bond acceptors (Lipinski definition) is 5. The van der Waals surface area contributed by atoms with Crippen molar-refractivity contribution in [3.8, 4) is 0 Å². The summed E-state index contributed by atoms with van der Waals surface area (Å²) in [5.74, 6) is 0.501. The smallest absolute Gasteiger partial charge is 0.333 e. The molecule has 0 saturated carbocycles. The number of aryl methyl sites for hydroxylation is 2. The molecular formula is C10H17N5O2. The van der Waals surface area contributed by atoms with Crippen molar-refractivity contribution in [1.29, 1.82) is 0 Å². The third-order valence-electron chi connectivity index (χ3n) is 3.01. The van der Waals surface area contributed by atoms with Crippen molar-refractivity contribution in [3.05, 3.63) is 15.8 Å². The van der Waals surface area contributed by atoms with Crippen LogP contribution in [-0.4, -0.2) is 33.8 Å². The molecular weight excluding hydrogens is 222 g/mol. The fourth-order valence-electron chi connectivity index (χ4n) is 2.20. The molecule has 94 valence electrons. The van der Waals surface area contributed by atoms with Crippen molar-refractivity contribution >= 4 is 11.5 Å². The average Bonchev–Trinajstić information content (AvgIpc) is 2.55. The third kappa shape index (κ3) is 2.38. The molecule has 0 radical (unpaired) electrons. The molecule has 1 aliphatic heterocycles. The van der Waals surface area contributed by atoms with E-state index in [4.69, 9.17) is 0 Å². The molecule has 1 atom stereocenters. The Balaban J connectivity index is 2.21. The lowest BCUT2D eigenvalue weighted by Gasteiger charge is -2.24. The van der Waals surface area contributed by atoms with Crippen LogP contribution in [0.3, 0.4) is 0 Å². The molecule has 1 aromatic rings. The number of hydrogen-bond donors (Lipinski definition) is 2. The van der Waals surface area contributed by atoms with Gasteiger partial charge in [-0.05, 0) is 26.3 Å². The lowest BCUT2D eigenvalue weighted by atomic mass is 10.1. The fraction of sp³-hybridized carbons (Fsp3) is 0.700. The summed E-state index contributed by atoms with van der Waals surface area (Å²) in [5, 5.41) is 21.6. The first-order valence-corrected chi connectivity index (χ1v) is 5.75. The van der Waals surface area contributed by atoms with Gasteiger partial charge >= 0.3 is 5.69 Å². The van der Waals surface area contributed by atoms with E-state index in [0.29, 0.717) is 11.5 Å². The van der Waals surface area contributed by atoms with Gasteiger partial charge in [0.2, 0.25) is 5.82 Å². The molecule has 1 saturated heterocycles. The van der Waals surface area contributed by atoms with Crippen molar-refractivity contribution in [3.63, 3.8) is 0 Å². The molecule has 0 spiro atoms. The normalized spacial score (nSPS) is 20.2. The number of nitro groups is 1. The van der Waals surface area contributed by atoms with Crippen LogP contribution in [0.25, 0.3) is 0 Å². The molecule has 2 N–H and O–H groups in total. The highest BCUT2D eigenvalue weighted by Gasteiger charge is 2.26. The van der Waals surface area contributed by atoms with Crippen molar-refractivity contribution in [1.82, 2.24) is 15.1 Å². The maximum atomic E-state index is 11.0. The number of aromatic nitrogens is 2. The Morgan fingerprint density at radius 2 is 2.41 bits per heavy atom. The minimum Gasteiger partial charge on any atom is -0.361 e. The first-order valence-electron chi connectivity index (χ1n) is 5.75. The van der Waals surface area contributed by atoms with Gasteiger partial charge in [0.1, 0.15) is 5.69 Å². The zero-order valence-corrected chi connectivity index (χ0v) is 10.1. The fourth-order valence-corrected chi connectivity index (χ4v) is 2.20. The van der Waals surface area contributed by atoms with Crippen molar-refractivity contribution < 1.29 is 4.92 Å². The van der Waals surface area contributed by atoms with Crippen LogP contribution in [0.15, 0.2) is 0 Å². The van der Waals surface area contributed by atoms with Crippen LogP contribution in [0.5, 0.6) is 0 Å². The second kappa shape index (κ2) is 4.70. The highest BCUT2D eigenvalue weighted by Crippen LogP contribution is 2.28. The Bertz CT molecular complexity index is 423. The molecule has 17 heavy (non-hydrogen) atoms. The van der Waals surface area contributed by atoms with E-state index in [1.54, 1.807) is 18.7 Å². The first kappa shape index (κ1) is 11.8. The van der Waals surface area contributed by atoms with Gasteiger partial charge < -0.3 is 10.6 Å². The Hall–Kier alpha value is -1.63. The van der Waals surface area contributed by atoms with Gasteiger partial charge in [-0.1, -0.05) is 0 Å². The lowest BCUT2D eigenvalue weighted by molar-refractivity contribution is -0.384. The molecule has 1 fully saturated rings. The predicted octanol–water partition coefficient (Wildman–Crippen LogP) is 0.801. The van der Waals surface area contributed by atoms with E-state index in [1.807, 2.05) is 0 Å². The summed E-state index contributed by atoms with van der Waals surface area (Å²) in [6.07, 6.45) is 2.11. The van der Waals surface area contributed by atoms with E-state index in [2.05, 4.69) is 15.7 Å². The summed E-state index contributed by atoms with van der Waals surface area (Å²) in [4.78, 5) is 10.6. The van der Waals surface area contributed by atoms with Gasteiger partial charge in [0.15, 0.2) is 0 Å². The molecule has 1 aliphatic rings. The quantitative estimate of drug-likeness (QED) is 0.602. The van der Waals surface area contributed by atoms with Crippen LogP contribution in [0, 0.1) is 17.0 Å². The summed E-state index contributed by atoms with van der Waals surface area (Å²) < 4.78 is 1.54. The number of nitrogens with zero attached hydrogens (tertiary/aromatic N) is 3. The maximum Gasteiger partial charge on any atom is 0.333 e. The summed E-state index contributed by atoms with van der Waals surface area (Å²) in [6.45, 7) is 3.51. The number of piperidine rings is 1. The van der Waals surface area contributed by atoms with Crippen molar-refractivity contribution in [2.24, 2.45) is 7.05 Å². The van der Waals surface area contributed by atoms with E-state index in [1.165, 1.54) is 0 Å². The minimum absolute atomic E-state index is 0.0815. The summed E-state index contributed by atoms with van der Waals surface area (Å²) >= 11 is 0. The van der Waals surface area contributed by atoms with Gasteiger partial charge in [-0.2, -0.15) is 5.10 Å². The standard InChI is InChI=1S/C10H17N5O2/c1-7-9(15(16)17)10(14(2)13-7)12-8-4-3-5-11-6-8/h8,11-12H,3-6H2,1-2H3. The molecule has 7 nitrogen and oxygen atoms in total. The Morgan fingerprint density at radius 3 is 3.00 bits per heavy atom. The van der Waals surface area contributed by atoms with Crippen molar-refractivity contribution in [2.75, 3.05) is 18.4 Å². The molecule has 0 aromatic carbocycles. The van der Waals surface area contributed by atoms with Crippen LogP contribution < -0.4 is 10.6 Å². The minimum atomic E-state index is -0.374. The van der Waals surface area contributed by atoms with Crippen molar-refractivity contribution in [2.45, 2.75) is 25.8 Å². The Morgan fingerprint density at radius 1 is 1.65 bits per heavy atom. The second-order valence-electron chi connectivity index (χ2n) is 4.35. The largest absolute Gasteiger partial charge is 0.361 e. The molecule has 0 bridgehead atoms. The predicted molar refractivity (Wildman–Crippen MR) is 64.1 cm³/mol. The molecule has 1 unspecified atom stereocenters. The molecule has 0 amide bonds. The monoisotopic (exact) mass is 239 g/mol. The van der Waals surface area contributed by atoms with E-state index in [0.717, 1.165) is 25.9 Å². The van der Waals surface area contributed by atoms with Gasteiger partial charge in [0, 0.05) is 19.6 Å². The molecule has 1 aromatic heterocycles. The molecule has 2 heterocycles. The number of nitrogens with one attached hydrogen (secondary N) is 2. The van der Waals surface area contributed by atoms with E-state index in [-0.39, 0.29) is 16.7 Å². The van der Waals surface area contributed by atoms with E-state index < -0.39 is 0 Å². The molecule has 0 aliphatic carbocycles. The zero-order chi connectivity index (χ0) is 12.4. The van der Waals surface area contributed by atoms with Crippen LogP contribution in [0.4, 0.5) is 11.5 Å². The maximum absolute atomic E-state index is 11.0. The number of anilines is 1. The van der Waals surface area contributed by atoms with Crippen LogP contribution >= 0.6 is 0 Å². The summed E-state index contributed by atoms with van der Waals surface area (Å²) in [6, 6.07) is 0.234. The summed E-state index contributed by atoms with van der Waals surface area (Å²) in [5.41, 5.74) is 0.529. The van der Waals surface area contributed by atoms with E-state index >= 15 is 0 Å². The van der Waals surface area contributed by atoms with Gasteiger partial charge in [-0.25, -0.2) is 4.68 Å². The topological polar surface area (TPSA) is 85.0 Å². The van der Waals surface area contributed by atoms with Crippen LogP contribution in [0.1, 0.15) is 18.5 Å². The third-order valence-corrected chi connectivity index (χ3v) is 3.01.